The normalized spacial score (nSPS) is 16.2. The molecule has 7 nitrogen and oxygen atoms in total. The Bertz CT molecular complexity index is 510. The molecule has 26 heavy (non-hydrogen) atoms. The molecular formula is C19H35N7. The fourth-order valence-corrected chi connectivity index (χ4v) is 3.07. The van der Waals surface area contributed by atoms with Crippen LogP contribution in [0, 0.1) is 5.92 Å². The lowest BCUT2D eigenvalue weighted by atomic mass is 10.1. The van der Waals surface area contributed by atoms with Crippen LogP contribution in [0.15, 0.2) is 23.5 Å². The van der Waals surface area contributed by atoms with Gasteiger partial charge in [0, 0.05) is 58.7 Å². The third-order valence-electron chi connectivity index (χ3n) is 4.63. The highest BCUT2D eigenvalue weighted by Crippen LogP contribution is 2.09. The van der Waals surface area contributed by atoms with E-state index in [0.29, 0.717) is 0 Å². The van der Waals surface area contributed by atoms with E-state index in [0.717, 1.165) is 70.1 Å². The Morgan fingerprint density at radius 2 is 1.73 bits per heavy atom. The van der Waals surface area contributed by atoms with Gasteiger partial charge in [-0.05, 0) is 37.8 Å². The average molecular weight is 362 g/mol. The fraction of sp³-hybridized carbons (Fsp3) is 0.737. The van der Waals surface area contributed by atoms with Crippen molar-refractivity contribution in [1.29, 1.82) is 0 Å². The van der Waals surface area contributed by atoms with E-state index in [2.05, 4.69) is 49.2 Å². The largest absolute Gasteiger partial charge is 0.356 e. The Morgan fingerprint density at radius 3 is 2.35 bits per heavy atom. The summed E-state index contributed by atoms with van der Waals surface area (Å²) in [6, 6.07) is 1.86. The summed E-state index contributed by atoms with van der Waals surface area (Å²) < 4.78 is 0. The molecule has 1 aromatic rings. The lowest BCUT2D eigenvalue weighted by Gasteiger charge is -2.34. The van der Waals surface area contributed by atoms with Crippen molar-refractivity contribution in [2.75, 3.05) is 57.8 Å². The quantitative estimate of drug-likeness (QED) is 0.395. The summed E-state index contributed by atoms with van der Waals surface area (Å²) in [7, 11) is 1.84. The Balaban J connectivity index is 1.54. The van der Waals surface area contributed by atoms with Crippen LogP contribution in [-0.4, -0.2) is 73.7 Å². The number of piperazine rings is 1. The van der Waals surface area contributed by atoms with Crippen LogP contribution in [0.5, 0.6) is 0 Å². The van der Waals surface area contributed by atoms with Crippen molar-refractivity contribution < 1.29 is 0 Å². The molecule has 146 valence electrons. The molecule has 1 fully saturated rings. The Hall–Kier alpha value is -1.89. The number of nitrogens with zero attached hydrogens (tertiary/aromatic N) is 5. The highest BCUT2D eigenvalue weighted by atomic mass is 15.3. The Kier molecular flexibility index (Phi) is 9.17. The van der Waals surface area contributed by atoms with Crippen LogP contribution in [0.25, 0.3) is 0 Å². The standard InChI is InChI=1S/C19H35N7/c1-17(2)7-4-8-21-18(20-3)22-11-6-12-25-13-15-26(16-14-25)19-23-9-5-10-24-19/h5,9-10,17H,4,6-8,11-16H2,1-3H3,(H2,20,21,22). The van der Waals surface area contributed by atoms with Gasteiger partial charge in [0.2, 0.25) is 5.95 Å². The van der Waals surface area contributed by atoms with E-state index in [4.69, 9.17) is 0 Å². The van der Waals surface area contributed by atoms with Crippen LogP contribution in [0.4, 0.5) is 5.95 Å². The van der Waals surface area contributed by atoms with Gasteiger partial charge in [-0.3, -0.25) is 9.89 Å². The van der Waals surface area contributed by atoms with E-state index in [1.165, 1.54) is 12.8 Å². The predicted octanol–water partition coefficient (Wildman–Crippen LogP) is 1.59. The maximum absolute atomic E-state index is 4.34. The number of nitrogens with one attached hydrogen (secondary N) is 2. The van der Waals surface area contributed by atoms with Gasteiger partial charge in [-0.25, -0.2) is 9.97 Å². The maximum Gasteiger partial charge on any atom is 0.225 e. The molecule has 0 radical (unpaired) electrons. The molecule has 0 unspecified atom stereocenters. The number of anilines is 1. The van der Waals surface area contributed by atoms with Gasteiger partial charge < -0.3 is 15.5 Å². The van der Waals surface area contributed by atoms with Gasteiger partial charge >= 0.3 is 0 Å². The summed E-state index contributed by atoms with van der Waals surface area (Å²) in [6.45, 7) is 11.7. The second kappa shape index (κ2) is 11.7. The molecule has 1 aliphatic heterocycles. The molecule has 0 amide bonds. The van der Waals surface area contributed by atoms with Crippen molar-refractivity contribution in [1.82, 2.24) is 25.5 Å². The number of hydrogen-bond donors (Lipinski definition) is 2. The predicted molar refractivity (Wildman–Crippen MR) is 109 cm³/mol. The van der Waals surface area contributed by atoms with Crippen LogP contribution in [0.1, 0.15) is 33.1 Å². The van der Waals surface area contributed by atoms with Crippen molar-refractivity contribution >= 4 is 11.9 Å². The number of rotatable bonds is 9. The third kappa shape index (κ3) is 7.56. The van der Waals surface area contributed by atoms with E-state index in [9.17, 15) is 0 Å². The SMILES string of the molecule is CN=C(NCCCC(C)C)NCCCN1CCN(c2ncccn2)CC1. The highest BCUT2D eigenvalue weighted by Gasteiger charge is 2.18. The zero-order valence-corrected chi connectivity index (χ0v) is 16.6. The van der Waals surface area contributed by atoms with Crippen molar-refractivity contribution in [3.63, 3.8) is 0 Å². The van der Waals surface area contributed by atoms with Crippen LogP contribution < -0.4 is 15.5 Å². The molecule has 2 rings (SSSR count). The molecule has 0 aromatic carbocycles. The smallest absolute Gasteiger partial charge is 0.225 e. The first-order valence-electron chi connectivity index (χ1n) is 9.88. The Morgan fingerprint density at radius 1 is 1.08 bits per heavy atom. The van der Waals surface area contributed by atoms with Gasteiger partial charge in [0.05, 0.1) is 0 Å². The second-order valence-electron chi connectivity index (χ2n) is 7.19. The van der Waals surface area contributed by atoms with Crippen LogP contribution in [-0.2, 0) is 0 Å². The van der Waals surface area contributed by atoms with E-state index >= 15 is 0 Å². The zero-order valence-electron chi connectivity index (χ0n) is 16.6. The van der Waals surface area contributed by atoms with Gasteiger partial charge in [0.15, 0.2) is 5.96 Å². The summed E-state index contributed by atoms with van der Waals surface area (Å²) in [5, 5.41) is 6.81. The minimum Gasteiger partial charge on any atom is -0.356 e. The molecule has 0 aliphatic carbocycles. The van der Waals surface area contributed by atoms with Crippen molar-refractivity contribution in [2.45, 2.75) is 33.1 Å². The molecule has 0 atom stereocenters. The number of aliphatic imine (C=N–C) groups is 1. The number of hydrogen-bond acceptors (Lipinski definition) is 5. The number of aromatic nitrogens is 2. The van der Waals surface area contributed by atoms with Gasteiger partial charge in [0.1, 0.15) is 0 Å². The highest BCUT2D eigenvalue weighted by molar-refractivity contribution is 5.79. The van der Waals surface area contributed by atoms with Crippen LogP contribution >= 0.6 is 0 Å². The van der Waals surface area contributed by atoms with Crippen LogP contribution in [0.2, 0.25) is 0 Å². The van der Waals surface area contributed by atoms with E-state index in [1.807, 2.05) is 25.5 Å². The molecular weight excluding hydrogens is 326 g/mol. The van der Waals surface area contributed by atoms with Gasteiger partial charge in [-0.15, -0.1) is 0 Å². The fourth-order valence-electron chi connectivity index (χ4n) is 3.07. The third-order valence-corrected chi connectivity index (χ3v) is 4.63. The summed E-state index contributed by atoms with van der Waals surface area (Å²) in [4.78, 5) is 17.7. The molecule has 2 N–H and O–H groups in total. The number of guanidine groups is 1. The Labute approximate surface area is 158 Å². The maximum atomic E-state index is 4.34. The van der Waals surface area contributed by atoms with Gasteiger partial charge in [-0.2, -0.15) is 0 Å². The first-order valence-corrected chi connectivity index (χ1v) is 9.88. The summed E-state index contributed by atoms with van der Waals surface area (Å²) >= 11 is 0. The second-order valence-corrected chi connectivity index (χ2v) is 7.19. The molecule has 0 spiro atoms. The molecule has 0 saturated carbocycles. The molecule has 2 heterocycles. The van der Waals surface area contributed by atoms with Crippen LogP contribution in [0.3, 0.4) is 0 Å². The zero-order chi connectivity index (χ0) is 18.6. The monoisotopic (exact) mass is 361 g/mol. The van der Waals surface area contributed by atoms with Gasteiger partial charge in [-0.1, -0.05) is 13.8 Å². The lowest BCUT2D eigenvalue weighted by Crippen LogP contribution is -2.47. The minimum atomic E-state index is 0.765. The van der Waals surface area contributed by atoms with Crippen molar-refractivity contribution in [3.8, 4) is 0 Å². The average Bonchev–Trinajstić information content (AvgIpc) is 2.67. The van der Waals surface area contributed by atoms with E-state index in [1.54, 1.807) is 0 Å². The summed E-state index contributed by atoms with van der Waals surface area (Å²) in [5.41, 5.74) is 0. The van der Waals surface area contributed by atoms with E-state index < -0.39 is 0 Å². The molecule has 7 heteroatoms. The lowest BCUT2D eigenvalue weighted by molar-refractivity contribution is 0.254. The summed E-state index contributed by atoms with van der Waals surface area (Å²) in [5.74, 6) is 2.53. The minimum absolute atomic E-state index is 0.765. The molecule has 1 aromatic heterocycles. The van der Waals surface area contributed by atoms with Crippen molar-refractivity contribution in [2.24, 2.45) is 10.9 Å². The molecule has 0 bridgehead atoms. The van der Waals surface area contributed by atoms with Gasteiger partial charge in [0.25, 0.3) is 0 Å². The first-order chi connectivity index (χ1) is 12.7. The summed E-state index contributed by atoms with van der Waals surface area (Å²) in [6.07, 6.45) is 7.18. The molecule has 1 aliphatic rings. The first kappa shape index (κ1) is 20.4. The van der Waals surface area contributed by atoms with E-state index in [-0.39, 0.29) is 0 Å². The molecule has 1 saturated heterocycles. The van der Waals surface area contributed by atoms with Crippen molar-refractivity contribution in [3.05, 3.63) is 18.5 Å². The topological polar surface area (TPSA) is 68.7 Å².